The van der Waals surface area contributed by atoms with Crippen LogP contribution < -0.4 is 15.8 Å². The second kappa shape index (κ2) is 8.10. The van der Waals surface area contributed by atoms with E-state index in [0.717, 1.165) is 35.7 Å². The molecule has 0 aliphatic carbocycles. The van der Waals surface area contributed by atoms with Gasteiger partial charge in [0.2, 0.25) is 0 Å². The number of methoxy groups -OCH3 is 1. The van der Waals surface area contributed by atoms with Crippen LogP contribution in [0.1, 0.15) is 10.5 Å². The molecule has 8 heteroatoms. The summed E-state index contributed by atoms with van der Waals surface area (Å²) in [6.45, 7) is 0. The average molecular weight is 554 g/mol. The first-order valence-corrected chi connectivity index (χ1v) is 11.8. The van der Waals surface area contributed by atoms with Crippen LogP contribution in [0.15, 0.2) is 60.1 Å². The summed E-state index contributed by atoms with van der Waals surface area (Å²) in [5, 5.41) is 7.03. The molecule has 5 rings (SSSR count). The third-order valence-electron chi connectivity index (χ3n) is 5.53. The minimum atomic E-state index is -0.196. The van der Waals surface area contributed by atoms with Crippen molar-refractivity contribution >= 4 is 72.3 Å². The van der Waals surface area contributed by atoms with Gasteiger partial charge >= 0.3 is 0 Å². The zero-order valence-corrected chi connectivity index (χ0v) is 20.3. The molecule has 160 valence electrons. The van der Waals surface area contributed by atoms with E-state index in [0.29, 0.717) is 22.9 Å². The number of halogens is 1. The number of nitrogens with one attached hydrogen (secondary N) is 1. The number of nitrogen functional groups attached to an aromatic ring is 1. The maximum absolute atomic E-state index is 13.0. The average Bonchev–Trinajstić information content (AvgIpc) is 3.40. The summed E-state index contributed by atoms with van der Waals surface area (Å²) in [6.07, 6.45) is 1.78. The minimum Gasteiger partial charge on any atom is -0.495 e. The van der Waals surface area contributed by atoms with E-state index in [1.807, 2.05) is 60.1 Å². The van der Waals surface area contributed by atoms with Crippen molar-refractivity contribution < 1.29 is 9.53 Å². The van der Waals surface area contributed by atoms with E-state index in [1.165, 1.54) is 0 Å². The Labute approximate surface area is 202 Å². The summed E-state index contributed by atoms with van der Waals surface area (Å²) >= 11 is 3.91. The molecule has 0 bridgehead atoms. The van der Waals surface area contributed by atoms with Gasteiger partial charge < -0.3 is 20.4 Å². The van der Waals surface area contributed by atoms with E-state index in [4.69, 9.17) is 10.5 Å². The summed E-state index contributed by atoms with van der Waals surface area (Å²) in [6, 6.07) is 15.5. The molecule has 0 aliphatic heterocycles. The van der Waals surface area contributed by atoms with Crippen molar-refractivity contribution in [1.29, 1.82) is 0 Å². The molecule has 5 aromatic rings. The van der Waals surface area contributed by atoms with E-state index >= 15 is 0 Å². The number of carbonyl (C=O) groups is 1. The van der Waals surface area contributed by atoms with Gasteiger partial charge in [-0.25, -0.2) is 4.98 Å². The lowest BCUT2D eigenvalue weighted by Gasteiger charge is -2.13. The number of hydrogen-bond acceptors (Lipinski definition) is 5. The molecular weight excluding hydrogens is 535 g/mol. The molecule has 3 N–H and O–H groups in total. The number of nitrogens with two attached hydrogens (primary N) is 1. The van der Waals surface area contributed by atoms with E-state index in [9.17, 15) is 4.79 Å². The number of para-hydroxylation sites is 1. The SMILES string of the molecule is COc1cc(-c2csc3c(I)cnc(N)c23)ccc1NC(=O)c1cc2ccccc2n1C. The first kappa shape index (κ1) is 20.8. The fourth-order valence-electron chi connectivity index (χ4n) is 3.90. The van der Waals surface area contributed by atoms with Crippen LogP contribution in [-0.4, -0.2) is 22.6 Å². The Hall–Kier alpha value is -3.11. The molecule has 2 aromatic carbocycles. The van der Waals surface area contributed by atoms with Gasteiger partial charge in [0.25, 0.3) is 5.91 Å². The highest BCUT2D eigenvalue weighted by Gasteiger charge is 2.18. The van der Waals surface area contributed by atoms with Crippen molar-refractivity contribution in [2.24, 2.45) is 7.05 Å². The fraction of sp³-hybridized carbons (Fsp3) is 0.0833. The number of amides is 1. The van der Waals surface area contributed by atoms with Gasteiger partial charge in [-0.3, -0.25) is 4.79 Å². The highest BCUT2D eigenvalue weighted by atomic mass is 127. The van der Waals surface area contributed by atoms with Gasteiger partial charge in [-0.2, -0.15) is 0 Å². The number of nitrogens with zero attached hydrogens (tertiary/aromatic N) is 2. The van der Waals surface area contributed by atoms with Crippen molar-refractivity contribution in [2.45, 2.75) is 0 Å². The predicted molar refractivity (Wildman–Crippen MR) is 140 cm³/mol. The topological polar surface area (TPSA) is 82.2 Å². The van der Waals surface area contributed by atoms with E-state index in [2.05, 4.69) is 38.3 Å². The smallest absolute Gasteiger partial charge is 0.272 e. The number of rotatable bonds is 4. The number of ether oxygens (including phenoxy) is 1. The number of pyridine rings is 1. The van der Waals surface area contributed by atoms with Crippen LogP contribution in [0.25, 0.3) is 32.1 Å². The molecule has 1 amide bonds. The largest absolute Gasteiger partial charge is 0.495 e. The number of hydrogen-bond donors (Lipinski definition) is 2. The lowest BCUT2D eigenvalue weighted by molar-refractivity contribution is 0.101. The summed E-state index contributed by atoms with van der Waals surface area (Å²) in [4.78, 5) is 17.3. The van der Waals surface area contributed by atoms with Gasteiger partial charge in [0.15, 0.2) is 0 Å². The van der Waals surface area contributed by atoms with Crippen LogP contribution in [0.4, 0.5) is 11.5 Å². The number of carbonyl (C=O) groups excluding carboxylic acids is 1. The first-order valence-electron chi connectivity index (χ1n) is 9.83. The van der Waals surface area contributed by atoms with E-state index < -0.39 is 0 Å². The number of aryl methyl sites for hydroxylation is 1. The Morgan fingerprint density at radius 3 is 2.81 bits per heavy atom. The number of thiophene rings is 1. The predicted octanol–water partition coefficient (Wildman–Crippen LogP) is 5.90. The van der Waals surface area contributed by atoms with Crippen LogP contribution in [0, 0.1) is 3.57 Å². The van der Waals surface area contributed by atoms with Crippen molar-refractivity contribution in [3.63, 3.8) is 0 Å². The van der Waals surface area contributed by atoms with Crippen LogP contribution in [0.3, 0.4) is 0 Å². The van der Waals surface area contributed by atoms with Gasteiger partial charge in [0.05, 0.1) is 17.5 Å². The summed E-state index contributed by atoms with van der Waals surface area (Å²) < 4.78 is 9.67. The molecule has 6 nitrogen and oxygen atoms in total. The third-order valence-corrected chi connectivity index (χ3v) is 7.72. The molecule has 0 saturated carbocycles. The zero-order chi connectivity index (χ0) is 22.4. The molecule has 0 saturated heterocycles. The third kappa shape index (κ3) is 3.39. The van der Waals surface area contributed by atoms with Crippen molar-refractivity contribution in [2.75, 3.05) is 18.2 Å². The van der Waals surface area contributed by atoms with E-state index in [1.54, 1.807) is 24.6 Å². The lowest BCUT2D eigenvalue weighted by Crippen LogP contribution is -2.16. The number of anilines is 2. The molecule has 0 atom stereocenters. The molecule has 3 aromatic heterocycles. The molecule has 0 unspecified atom stereocenters. The molecule has 0 fully saturated rings. The number of benzene rings is 2. The van der Waals surface area contributed by atoms with Gasteiger partial charge in [-0.1, -0.05) is 24.3 Å². The monoisotopic (exact) mass is 554 g/mol. The standard InChI is InChI=1S/C24H19IN4O2S/c1-29-18-6-4-3-5-14(18)9-19(29)24(30)28-17-8-7-13(10-20(17)31-2)15-12-32-22-16(25)11-27-23(26)21(15)22/h3-12H,1-2H3,(H2,26,27)(H,28,30). The summed E-state index contributed by atoms with van der Waals surface area (Å²) in [5.41, 5.74) is 10.3. The molecule has 0 aliphatic rings. The number of fused-ring (bicyclic) bond motifs is 2. The first-order chi connectivity index (χ1) is 15.5. The lowest BCUT2D eigenvalue weighted by atomic mass is 10.0. The quantitative estimate of drug-likeness (QED) is 0.271. The molecule has 3 heterocycles. The zero-order valence-electron chi connectivity index (χ0n) is 17.3. The van der Waals surface area contributed by atoms with Gasteiger partial charge in [-0.05, 0) is 57.8 Å². The highest BCUT2D eigenvalue weighted by molar-refractivity contribution is 14.1. The Kier molecular flexibility index (Phi) is 5.26. The molecule has 32 heavy (non-hydrogen) atoms. The second-order valence-corrected chi connectivity index (χ2v) is 9.40. The fourth-order valence-corrected chi connectivity index (χ4v) is 5.68. The molecular formula is C24H19IN4O2S. The molecule has 0 spiro atoms. The summed E-state index contributed by atoms with van der Waals surface area (Å²) in [7, 11) is 3.48. The maximum atomic E-state index is 13.0. The minimum absolute atomic E-state index is 0.196. The second-order valence-electron chi connectivity index (χ2n) is 7.36. The maximum Gasteiger partial charge on any atom is 0.272 e. The van der Waals surface area contributed by atoms with E-state index in [-0.39, 0.29) is 5.91 Å². The van der Waals surface area contributed by atoms with Crippen molar-refractivity contribution in [3.8, 4) is 16.9 Å². The van der Waals surface area contributed by atoms with Crippen LogP contribution >= 0.6 is 33.9 Å². The molecule has 0 radical (unpaired) electrons. The van der Waals surface area contributed by atoms with Gasteiger partial charge in [-0.15, -0.1) is 11.3 Å². The van der Waals surface area contributed by atoms with Gasteiger partial charge in [0, 0.05) is 38.7 Å². The normalized spacial score (nSPS) is 11.2. The van der Waals surface area contributed by atoms with Crippen molar-refractivity contribution in [3.05, 3.63) is 69.4 Å². The Bertz CT molecular complexity index is 1510. The Morgan fingerprint density at radius 1 is 1.22 bits per heavy atom. The Balaban J connectivity index is 1.51. The van der Waals surface area contributed by atoms with Crippen LogP contribution in [-0.2, 0) is 7.05 Å². The Morgan fingerprint density at radius 2 is 2.03 bits per heavy atom. The summed E-state index contributed by atoms with van der Waals surface area (Å²) in [5.74, 6) is 0.883. The van der Waals surface area contributed by atoms with Crippen LogP contribution in [0.2, 0.25) is 0 Å². The van der Waals surface area contributed by atoms with Crippen LogP contribution in [0.5, 0.6) is 5.75 Å². The van der Waals surface area contributed by atoms with Crippen molar-refractivity contribution in [1.82, 2.24) is 9.55 Å². The number of aromatic nitrogens is 2. The highest BCUT2D eigenvalue weighted by Crippen LogP contribution is 2.41. The van der Waals surface area contributed by atoms with Gasteiger partial charge in [0.1, 0.15) is 17.3 Å².